The molecule has 0 unspecified atom stereocenters. The lowest BCUT2D eigenvalue weighted by atomic mass is 10.3. The summed E-state index contributed by atoms with van der Waals surface area (Å²) in [6, 6.07) is 1.46. The van der Waals surface area contributed by atoms with Gasteiger partial charge in [0.25, 0.3) is 5.56 Å². The molecule has 0 spiro atoms. The Kier molecular flexibility index (Phi) is 6.87. The minimum atomic E-state index is -0.365. The largest absolute Gasteiger partial charge is 0.300 e. The molecular formula is C12H10Br2N6O3S2. The summed E-state index contributed by atoms with van der Waals surface area (Å²) < 4.78 is 2.95. The molecule has 0 fully saturated rings. The van der Waals surface area contributed by atoms with Gasteiger partial charge in [-0.15, -0.1) is 15.3 Å². The van der Waals surface area contributed by atoms with E-state index < -0.39 is 0 Å². The van der Waals surface area contributed by atoms with Crippen molar-refractivity contribution >= 4 is 76.3 Å². The first-order chi connectivity index (χ1) is 11.7. The lowest BCUT2D eigenvalue weighted by Crippen LogP contribution is -2.14. The smallest absolute Gasteiger partial charge is 0.274 e. The Hall–Kier alpha value is -1.57. The number of aryl methyl sites for hydroxylation is 1. The predicted octanol–water partition coefficient (Wildman–Crippen LogP) is 2.44. The Morgan fingerprint density at radius 3 is 2.56 bits per heavy atom. The molecule has 1 amide bonds. The highest BCUT2D eigenvalue weighted by molar-refractivity contribution is 9.11. The van der Waals surface area contributed by atoms with E-state index in [4.69, 9.17) is 0 Å². The second kappa shape index (κ2) is 8.69. The Balaban J connectivity index is 0.000000181. The molecule has 3 aromatic rings. The number of ketones is 1. The molecule has 3 rings (SSSR count). The number of fused-ring (bicyclic) bond motifs is 1. The highest BCUT2D eigenvalue weighted by Gasteiger charge is 2.08. The Bertz CT molecular complexity index is 983. The molecule has 0 aliphatic carbocycles. The van der Waals surface area contributed by atoms with Gasteiger partial charge in [0.15, 0.2) is 7.83 Å². The van der Waals surface area contributed by atoms with E-state index >= 15 is 0 Å². The van der Waals surface area contributed by atoms with Crippen molar-refractivity contribution in [3.63, 3.8) is 0 Å². The summed E-state index contributed by atoms with van der Waals surface area (Å²) >= 11 is 8.86. The van der Waals surface area contributed by atoms with Crippen molar-refractivity contribution in [2.24, 2.45) is 0 Å². The zero-order chi connectivity index (χ0) is 18.6. The molecular weight excluding hydrogens is 500 g/mol. The van der Waals surface area contributed by atoms with E-state index in [-0.39, 0.29) is 23.7 Å². The van der Waals surface area contributed by atoms with E-state index in [1.54, 1.807) is 4.52 Å². The van der Waals surface area contributed by atoms with Gasteiger partial charge >= 0.3 is 0 Å². The Morgan fingerprint density at radius 1 is 1.24 bits per heavy atom. The molecule has 3 heterocycles. The molecule has 13 heteroatoms. The van der Waals surface area contributed by atoms with Gasteiger partial charge in [-0.3, -0.25) is 14.4 Å². The maximum Gasteiger partial charge on any atom is 0.274 e. The molecule has 132 valence electrons. The zero-order valence-electron chi connectivity index (χ0n) is 12.8. The number of rotatable bonds is 3. The quantitative estimate of drug-likeness (QED) is 0.538. The third-order valence-electron chi connectivity index (χ3n) is 2.46. The minimum Gasteiger partial charge on any atom is -0.300 e. The molecule has 9 nitrogen and oxygen atoms in total. The SMILES string of the molecule is CC(=O)CC(=O)Nc1nnc(Br)s1.Cc1cc(=O)nc2sc(Br)nn12. The van der Waals surface area contributed by atoms with Crippen LogP contribution in [0.5, 0.6) is 0 Å². The van der Waals surface area contributed by atoms with E-state index in [1.165, 1.54) is 35.7 Å². The monoisotopic (exact) mass is 508 g/mol. The van der Waals surface area contributed by atoms with E-state index in [9.17, 15) is 14.4 Å². The number of halogens is 2. The molecule has 0 atom stereocenters. The third kappa shape index (κ3) is 6.02. The maximum absolute atomic E-state index is 11.0. The van der Waals surface area contributed by atoms with Crippen LogP contribution in [0.2, 0.25) is 0 Å². The second-order valence-corrected chi connectivity index (χ2v) is 9.06. The van der Waals surface area contributed by atoms with Crippen LogP contribution in [0.15, 0.2) is 18.7 Å². The van der Waals surface area contributed by atoms with Gasteiger partial charge in [0, 0.05) is 11.8 Å². The van der Waals surface area contributed by atoms with Crippen LogP contribution in [0.4, 0.5) is 5.13 Å². The molecule has 0 aromatic carbocycles. The number of hydrogen-bond acceptors (Lipinski definition) is 9. The van der Waals surface area contributed by atoms with Crippen molar-refractivity contribution in [2.45, 2.75) is 20.3 Å². The molecule has 0 radical (unpaired) electrons. The number of hydrogen-bond donors (Lipinski definition) is 1. The van der Waals surface area contributed by atoms with Crippen molar-refractivity contribution in [1.29, 1.82) is 0 Å². The van der Waals surface area contributed by atoms with E-state index in [0.717, 1.165) is 9.61 Å². The van der Waals surface area contributed by atoms with Gasteiger partial charge in [-0.05, 0) is 45.7 Å². The van der Waals surface area contributed by atoms with Crippen LogP contribution in [0.3, 0.4) is 0 Å². The average Bonchev–Trinajstić information content (AvgIpc) is 3.04. The summed E-state index contributed by atoms with van der Waals surface area (Å²) in [5, 5.41) is 14.2. The zero-order valence-corrected chi connectivity index (χ0v) is 17.6. The number of carbonyl (C=O) groups excluding carboxylic acids is 2. The van der Waals surface area contributed by atoms with E-state index in [2.05, 4.69) is 57.5 Å². The van der Waals surface area contributed by atoms with Crippen molar-refractivity contribution in [3.05, 3.63) is 29.9 Å². The van der Waals surface area contributed by atoms with Crippen LogP contribution in [0.1, 0.15) is 19.0 Å². The van der Waals surface area contributed by atoms with Gasteiger partial charge < -0.3 is 5.32 Å². The van der Waals surface area contributed by atoms with Gasteiger partial charge in [-0.25, -0.2) is 4.52 Å². The van der Waals surface area contributed by atoms with Crippen molar-refractivity contribution in [2.75, 3.05) is 5.32 Å². The lowest BCUT2D eigenvalue weighted by Gasteiger charge is -1.96. The fourth-order valence-corrected chi connectivity index (χ4v) is 3.87. The minimum absolute atomic E-state index is 0.128. The standard InChI is InChI=1S/C6H6BrN3O2S.C6H4BrN3OS/c1-3(11)2-4(12)8-6-10-9-5(7)13-6;1-3-2-4(11)8-6-10(3)9-5(7)12-6/h2H2,1H3,(H,8,10,12);2H,1H3. The molecule has 0 aliphatic rings. The molecule has 3 aromatic heterocycles. The van der Waals surface area contributed by atoms with Crippen molar-refractivity contribution in [1.82, 2.24) is 24.8 Å². The number of carbonyl (C=O) groups is 2. The number of nitrogens with zero attached hydrogens (tertiary/aromatic N) is 5. The highest BCUT2D eigenvalue weighted by atomic mass is 79.9. The number of anilines is 1. The molecule has 0 bridgehead atoms. The molecule has 0 aliphatic heterocycles. The summed E-state index contributed by atoms with van der Waals surface area (Å²) in [5.41, 5.74) is 0.579. The van der Waals surface area contributed by atoms with Gasteiger partial charge in [-0.1, -0.05) is 22.7 Å². The number of aromatic nitrogens is 5. The van der Waals surface area contributed by atoms with Crippen LogP contribution in [0, 0.1) is 6.92 Å². The first kappa shape index (κ1) is 19.8. The summed E-state index contributed by atoms with van der Waals surface area (Å²) in [7, 11) is 0. The summed E-state index contributed by atoms with van der Waals surface area (Å²) in [6.07, 6.45) is -0.128. The highest BCUT2D eigenvalue weighted by Crippen LogP contribution is 2.20. The van der Waals surface area contributed by atoms with Gasteiger partial charge in [0.05, 0.1) is 6.42 Å². The number of amides is 1. The van der Waals surface area contributed by atoms with Crippen molar-refractivity contribution < 1.29 is 9.59 Å². The fraction of sp³-hybridized carbons (Fsp3) is 0.250. The van der Waals surface area contributed by atoms with Crippen LogP contribution in [0.25, 0.3) is 4.96 Å². The topological polar surface area (TPSA) is 119 Å². The van der Waals surface area contributed by atoms with Crippen LogP contribution in [-0.2, 0) is 9.59 Å². The fourth-order valence-electron chi connectivity index (χ4n) is 1.57. The van der Waals surface area contributed by atoms with E-state index in [1.807, 2.05) is 6.92 Å². The molecule has 1 N–H and O–H groups in total. The summed E-state index contributed by atoms with van der Waals surface area (Å²) in [4.78, 5) is 36.9. The van der Waals surface area contributed by atoms with Crippen LogP contribution < -0.4 is 10.9 Å². The second-order valence-electron chi connectivity index (χ2n) is 4.57. The number of nitrogens with one attached hydrogen (secondary N) is 1. The first-order valence-corrected chi connectivity index (χ1v) is 9.78. The molecule has 0 saturated heterocycles. The van der Waals surface area contributed by atoms with Gasteiger partial charge in [-0.2, -0.15) is 4.98 Å². The first-order valence-electron chi connectivity index (χ1n) is 6.56. The summed E-state index contributed by atoms with van der Waals surface area (Å²) in [5.74, 6) is -0.544. The third-order valence-corrected chi connectivity index (χ3v) is 5.08. The van der Waals surface area contributed by atoms with E-state index in [0.29, 0.717) is 14.0 Å². The number of Topliss-reactive ketones (excluding diaryl/α,β-unsaturated/α-hetero) is 1. The maximum atomic E-state index is 11.0. The van der Waals surface area contributed by atoms with Crippen molar-refractivity contribution in [3.8, 4) is 0 Å². The normalized spacial score (nSPS) is 10.2. The molecule has 0 saturated carbocycles. The average molecular weight is 510 g/mol. The Labute approximate surface area is 165 Å². The Morgan fingerprint density at radius 2 is 1.96 bits per heavy atom. The van der Waals surface area contributed by atoms with Gasteiger partial charge in [0.2, 0.25) is 16.0 Å². The van der Waals surface area contributed by atoms with Crippen LogP contribution in [-0.4, -0.2) is 36.5 Å². The lowest BCUT2D eigenvalue weighted by molar-refractivity contribution is -0.124. The predicted molar refractivity (Wildman–Crippen MR) is 101 cm³/mol. The van der Waals surface area contributed by atoms with Crippen LogP contribution >= 0.6 is 54.5 Å². The van der Waals surface area contributed by atoms with Gasteiger partial charge in [0.1, 0.15) is 5.78 Å². The molecule has 25 heavy (non-hydrogen) atoms. The summed E-state index contributed by atoms with van der Waals surface area (Å²) in [6.45, 7) is 3.18.